The van der Waals surface area contributed by atoms with Crippen LogP contribution < -0.4 is 10.6 Å². The molecule has 0 bridgehead atoms. The number of hydrogen-bond acceptors (Lipinski definition) is 4. The van der Waals surface area contributed by atoms with Crippen LogP contribution in [0.5, 0.6) is 0 Å². The van der Waals surface area contributed by atoms with E-state index in [2.05, 4.69) is 15.6 Å². The number of nitrogens with one attached hydrogen (secondary N) is 2. The van der Waals surface area contributed by atoms with Crippen molar-refractivity contribution in [1.29, 1.82) is 0 Å². The predicted molar refractivity (Wildman–Crippen MR) is 114 cm³/mol. The van der Waals surface area contributed by atoms with Gasteiger partial charge in [-0.3, -0.25) is 4.79 Å². The molecule has 2 aliphatic heterocycles. The largest absolute Gasteiger partial charge is 0.377 e. The molecule has 0 aromatic rings. The molecule has 2 N–H and O–H groups in total. The van der Waals surface area contributed by atoms with Crippen LogP contribution in [0.2, 0.25) is 0 Å². The molecule has 4 atom stereocenters. The van der Waals surface area contributed by atoms with Gasteiger partial charge in [0.2, 0.25) is 5.91 Å². The van der Waals surface area contributed by atoms with Gasteiger partial charge in [0.05, 0.1) is 12.2 Å². The van der Waals surface area contributed by atoms with Crippen molar-refractivity contribution in [3.63, 3.8) is 0 Å². The lowest BCUT2D eigenvalue weighted by atomic mass is 9.46. The second-order valence-corrected chi connectivity index (χ2v) is 8.42. The number of likely N-dealkylation sites (N-methyl/N-ethyl adjacent to an activating group) is 1. The van der Waals surface area contributed by atoms with Crippen LogP contribution in [0.15, 0.2) is 4.99 Å². The molecule has 4 aliphatic rings. The van der Waals surface area contributed by atoms with Crippen molar-refractivity contribution >= 4 is 35.8 Å². The number of carbonyl (C=O) groups is 1. The van der Waals surface area contributed by atoms with Crippen molar-refractivity contribution < 1.29 is 14.3 Å². The van der Waals surface area contributed by atoms with Gasteiger partial charge in [-0.05, 0) is 32.1 Å². The lowest BCUT2D eigenvalue weighted by molar-refractivity contribution is -0.171. The summed E-state index contributed by atoms with van der Waals surface area (Å²) in [5.41, 5.74) is 0.291. The molecule has 2 saturated heterocycles. The predicted octanol–water partition coefficient (Wildman–Crippen LogP) is 1.36. The third-order valence-electron chi connectivity index (χ3n) is 6.72. The van der Waals surface area contributed by atoms with Gasteiger partial charge in [-0.15, -0.1) is 24.0 Å². The van der Waals surface area contributed by atoms with Crippen LogP contribution in [0.4, 0.5) is 0 Å². The highest BCUT2D eigenvalue weighted by molar-refractivity contribution is 14.0. The summed E-state index contributed by atoms with van der Waals surface area (Å²) in [6.07, 6.45) is 7.77. The molecule has 0 aromatic carbocycles. The normalized spacial score (nSPS) is 33.5. The van der Waals surface area contributed by atoms with E-state index in [0.29, 0.717) is 23.5 Å². The van der Waals surface area contributed by atoms with E-state index in [1.807, 2.05) is 0 Å². The Bertz CT molecular complexity index is 561. The van der Waals surface area contributed by atoms with Crippen LogP contribution >= 0.6 is 24.0 Å². The van der Waals surface area contributed by atoms with Gasteiger partial charge in [0.15, 0.2) is 5.96 Å². The van der Waals surface area contributed by atoms with Crippen molar-refractivity contribution in [2.45, 2.75) is 56.8 Å². The van der Waals surface area contributed by atoms with Crippen LogP contribution in [0, 0.1) is 11.3 Å². The number of hydrogen-bond donors (Lipinski definition) is 2. The molecule has 0 radical (unpaired) electrons. The first-order valence-corrected chi connectivity index (χ1v) is 10.1. The minimum absolute atomic E-state index is 0. The maximum absolute atomic E-state index is 12.0. The van der Waals surface area contributed by atoms with E-state index in [1.54, 1.807) is 19.0 Å². The Morgan fingerprint density at radius 2 is 2.00 bits per heavy atom. The standard InChI is InChI=1S/C19H32N4O3.HI/c1-23(2)15(24)12-21-18(20-11-13-5-3-9-25-13)22-16-14-6-10-26-17(14)19(16)7-4-8-19;/h13-14,16-17H,3-12H2,1-2H3,(H2,20,21,22);1H. The van der Waals surface area contributed by atoms with Crippen LogP contribution in [0.25, 0.3) is 0 Å². The van der Waals surface area contributed by atoms with Crippen LogP contribution in [-0.4, -0.2) is 75.4 Å². The van der Waals surface area contributed by atoms with Gasteiger partial charge in [-0.25, -0.2) is 4.99 Å². The Morgan fingerprint density at radius 3 is 2.63 bits per heavy atom. The number of fused-ring (bicyclic) bond motifs is 2. The van der Waals surface area contributed by atoms with Gasteiger partial charge in [0, 0.05) is 51.2 Å². The molecule has 7 nitrogen and oxygen atoms in total. The van der Waals surface area contributed by atoms with Crippen molar-refractivity contribution in [3.8, 4) is 0 Å². The second kappa shape index (κ2) is 8.82. The monoisotopic (exact) mass is 492 g/mol. The highest BCUT2D eigenvalue weighted by Gasteiger charge is 2.66. The van der Waals surface area contributed by atoms with Crippen molar-refractivity contribution in [2.24, 2.45) is 16.3 Å². The lowest BCUT2D eigenvalue weighted by Gasteiger charge is -2.63. The van der Waals surface area contributed by atoms with Crippen molar-refractivity contribution in [3.05, 3.63) is 0 Å². The number of halogens is 1. The van der Waals surface area contributed by atoms with E-state index in [-0.39, 0.29) is 42.5 Å². The summed E-state index contributed by atoms with van der Waals surface area (Å²) in [5.74, 6) is 1.34. The summed E-state index contributed by atoms with van der Waals surface area (Å²) >= 11 is 0. The summed E-state index contributed by atoms with van der Waals surface area (Å²) < 4.78 is 11.7. The number of nitrogens with zero attached hydrogens (tertiary/aromatic N) is 2. The smallest absolute Gasteiger partial charge is 0.243 e. The molecule has 4 fully saturated rings. The third kappa shape index (κ3) is 4.07. The Kier molecular flexibility index (Phi) is 6.89. The zero-order valence-electron chi connectivity index (χ0n) is 16.4. The topological polar surface area (TPSA) is 75.2 Å². The lowest BCUT2D eigenvalue weighted by Crippen LogP contribution is -2.72. The molecule has 154 valence electrons. The number of ether oxygens (including phenoxy) is 2. The van der Waals surface area contributed by atoms with Crippen molar-refractivity contribution in [2.75, 3.05) is 40.4 Å². The molecule has 2 saturated carbocycles. The Hall–Kier alpha value is -0.610. The molecule has 1 amide bonds. The van der Waals surface area contributed by atoms with Crippen molar-refractivity contribution in [1.82, 2.24) is 15.5 Å². The molecular weight excluding hydrogens is 459 g/mol. The minimum Gasteiger partial charge on any atom is -0.377 e. The molecule has 8 heteroatoms. The molecule has 27 heavy (non-hydrogen) atoms. The van der Waals surface area contributed by atoms with Crippen LogP contribution in [-0.2, 0) is 14.3 Å². The highest BCUT2D eigenvalue weighted by Crippen LogP contribution is 2.62. The molecule has 1 spiro atoms. The van der Waals surface area contributed by atoms with E-state index in [0.717, 1.165) is 45.0 Å². The first-order valence-electron chi connectivity index (χ1n) is 10.1. The molecule has 2 heterocycles. The molecule has 2 aliphatic carbocycles. The summed E-state index contributed by atoms with van der Waals surface area (Å²) in [4.78, 5) is 18.1. The Balaban J connectivity index is 0.00000210. The quantitative estimate of drug-likeness (QED) is 0.345. The van der Waals surface area contributed by atoms with Gasteiger partial charge >= 0.3 is 0 Å². The molecule has 4 rings (SSSR count). The van der Waals surface area contributed by atoms with E-state index in [4.69, 9.17) is 9.47 Å². The number of rotatable bonds is 5. The van der Waals surface area contributed by atoms with Gasteiger partial charge in [-0.1, -0.05) is 6.42 Å². The minimum atomic E-state index is 0. The van der Waals surface area contributed by atoms with Gasteiger partial charge in [-0.2, -0.15) is 0 Å². The summed E-state index contributed by atoms with van der Waals surface area (Å²) in [5, 5.41) is 7.09. The third-order valence-corrected chi connectivity index (χ3v) is 6.72. The van der Waals surface area contributed by atoms with Crippen LogP contribution in [0.1, 0.15) is 38.5 Å². The van der Waals surface area contributed by atoms with Gasteiger partial charge in [0.1, 0.15) is 6.54 Å². The average molecular weight is 492 g/mol. The number of guanidine groups is 1. The van der Waals surface area contributed by atoms with E-state index in [1.165, 1.54) is 19.3 Å². The second-order valence-electron chi connectivity index (χ2n) is 8.42. The number of aliphatic imine (C=N–C) groups is 1. The van der Waals surface area contributed by atoms with Crippen LogP contribution in [0.3, 0.4) is 0 Å². The average Bonchev–Trinajstić information content (AvgIpc) is 3.23. The maximum atomic E-state index is 12.0. The Morgan fingerprint density at radius 1 is 1.19 bits per heavy atom. The van der Waals surface area contributed by atoms with Gasteiger partial charge < -0.3 is 25.0 Å². The zero-order chi connectivity index (χ0) is 18.1. The molecular formula is C19H33IN4O3. The first-order chi connectivity index (χ1) is 12.6. The van der Waals surface area contributed by atoms with E-state index < -0.39 is 0 Å². The highest BCUT2D eigenvalue weighted by atomic mass is 127. The maximum Gasteiger partial charge on any atom is 0.243 e. The molecule has 0 aromatic heterocycles. The SMILES string of the molecule is CN(C)C(=O)CN=C(NCC1CCCO1)NC1C2CCOC2C12CCC2.I. The summed E-state index contributed by atoms with van der Waals surface area (Å²) in [7, 11) is 3.53. The number of carbonyl (C=O) groups excluding carboxylic acids is 1. The fourth-order valence-corrected chi connectivity index (χ4v) is 5.06. The van der Waals surface area contributed by atoms with Gasteiger partial charge in [0.25, 0.3) is 0 Å². The first kappa shape index (κ1) is 21.1. The fourth-order valence-electron chi connectivity index (χ4n) is 5.06. The molecule has 4 unspecified atom stereocenters. The fraction of sp³-hybridized carbons (Fsp3) is 0.895. The zero-order valence-corrected chi connectivity index (χ0v) is 18.7. The van der Waals surface area contributed by atoms with E-state index in [9.17, 15) is 4.79 Å². The Labute approximate surface area is 179 Å². The number of amides is 1. The van der Waals surface area contributed by atoms with E-state index >= 15 is 0 Å². The summed E-state index contributed by atoms with van der Waals surface area (Å²) in [6.45, 7) is 2.63. The summed E-state index contributed by atoms with van der Waals surface area (Å²) in [6, 6.07) is 0.411.